The number of hydrogen-bond donors (Lipinski definition) is 2. The van der Waals surface area contributed by atoms with E-state index in [0.29, 0.717) is 0 Å². The van der Waals surface area contributed by atoms with Crippen LogP contribution in [0.4, 0.5) is 0 Å². The lowest BCUT2D eigenvalue weighted by Crippen LogP contribution is -2.16. The summed E-state index contributed by atoms with van der Waals surface area (Å²) < 4.78 is 0. The molecular weight excluding hydrogens is 126 g/mol. The van der Waals surface area contributed by atoms with Gasteiger partial charge in [0.1, 0.15) is 0 Å². The van der Waals surface area contributed by atoms with E-state index in [-0.39, 0.29) is 0 Å². The van der Waals surface area contributed by atoms with Crippen LogP contribution in [-0.2, 0) is 0 Å². The molecule has 0 fully saturated rings. The maximum atomic E-state index is 6.76. The second kappa shape index (κ2) is 6.29. The zero-order valence-corrected chi connectivity index (χ0v) is 6.59. The van der Waals surface area contributed by atoms with Gasteiger partial charge in [0.25, 0.3) is 0 Å². The zero-order chi connectivity index (χ0) is 7.82. The summed E-state index contributed by atoms with van der Waals surface area (Å²) in [5.74, 6) is 0. The third-order valence-electron chi connectivity index (χ3n) is 1.03. The minimum absolute atomic E-state index is 0.920. The van der Waals surface area contributed by atoms with Crippen LogP contribution in [0.5, 0.6) is 0 Å². The summed E-state index contributed by atoms with van der Waals surface area (Å²) in [6, 6.07) is 0. The van der Waals surface area contributed by atoms with Crippen LogP contribution in [0.3, 0.4) is 0 Å². The highest BCUT2D eigenvalue weighted by molar-refractivity contribution is 5.52. The summed E-state index contributed by atoms with van der Waals surface area (Å²) in [5.41, 5.74) is 0. The highest BCUT2D eigenvalue weighted by Crippen LogP contribution is 1.92. The van der Waals surface area contributed by atoms with Crippen molar-refractivity contribution >= 4 is 6.34 Å². The Balaban J connectivity index is 0.000000236. The van der Waals surface area contributed by atoms with Crippen LogP contribution in [0.1, 0.15) is 0 Å². The Morgan fingerprint density at radius 1 is 1.40 bits per heavy atom. The van der Waals surface area contributed by atoms with Crippen LogP contribution in [0.25, 0.3) is 0 Å². The van der Waals surface area contributed by atoms with Gasteiger partial charge in [0.05, 0.1) is 6.34 Å². The van der Waals surface area contributed by atoms with Crippen molar-refractivity contribution in [1.82, 2.24) is 10.2 Å². The van der Waals surface area contributed by atoms with Gasteiger partial charge in [-0.2, -0.15) is 0 Å². The molecule has 0 aliphatic carbocycles. The molecule has 0 saturated carbocycles. The lowest BCUT2D eigenvalue weighted by molar-refractivity contribution is 0.554. The van der Waals surface area contributed by atoms with E-state index >= 15 is 0 Å². The van der Waals surface area contributed by atoms with Crippen molar-refractivity contribution in [3.05, 3.63) is 12.2 Å². The molecule has 0 aromatic heterocycles. The van der Waals surface area contributed by atoms with Gasteiger partial charge in [-0.3, -0.25) is 5.41 Å². The van der Waals surface area contributed by atoms with E-state index < -0.39 is 0 Å². The van der Waals surface area contributed by atoms with Gasteiger partial charge in [0.15, 0.2) is 0 Å². The maximum absolute atomic E-state index is 6.76. The van der Waals surface area contributed by atoms with Crippen LogP contribution in [0.2, 0.25) is 0 Å². The molecule has 3 nitrogen and oxygen atoms in total. The molecule has 0 amide bonds. The lowest BCUT2D eigenvalue weighted by Gasteiger charge is -2.06. The predicted molar refractivity (Wildman–Crippen MR) is 44.5 cm³/mol. The highest BCUT2D eigenvalue weighted by Gasteiger charge is 1.96. The predicted octanol–water partition coefficient (Wildman–Crippen LogP) is 0.301. The Bertz CT molecular complexity index is 101. The van der Waals surface area contributed by atoms with E-state index in [0.717, 1.165) is 13.1 Å². The molecule has 0 aromatic rings. The standard InChI is InChI=1S/C5H8N2.C2H7N/c6-5-7-3-1-2-4-7;1-3-2/h1-2,5-6H,3-4H2;3H,1-2H3. The molecule has 0 saturated heterocycles. The molecular formula is C7H15N3. The molecule has 1 aliphatic heterocycles. The summed E-state index contributed by atoms with van der Waals surface area (Å²) in [6.07, 6.45) is 5.48. The quantitative estimate of drug-likeness (QED) is 0.313. The highest BCUT2D eigenvalue weighted by atomic mass is 15.1. The van der Waals surface area contributed by atoms with Crippen LogP contribution < -0.4 is 5.32 Å². The minimum Gasteiger partial charge on any atom is -0.356 e. The van der Waals surface area contributed by atoms with Gasteiger partial charge in [-0.05, 0) is 14.1 Å². The Hall–Kier alpha value is -0.830. The maximum Gasteiger partial charge on any atom is 0.0822 e. The van der Waals surface area contributed by atoms with Crippen LogP contribution in [0.15, 0.2) is 12.2 Å². The molecule has 0 bridgehead atoms. The Morgan fingerprint density at radius 3 is 2.00 bits per heavy atom. The Labute approximate surface area is 62.2 Å². The summed E-state index contributed by atoms with van der Waals surface area (Å²) >= 11 is 0. The van der Waals surface area contributed by atoms with Crippen molar-refractivity contribution < 1.29 is 0 Å². The fourth-order valence-corrected chi connectivity index (χ4v) is 0.600. The van der Waals surface area contributed by atoms with Crippen LogP contribution in [0, 0.1) is 5.41 Å². The molecule has 1 rings (SSSR count). The van der Waals surface area contributed by atoms with Crippen molar-refractivity contribution in [2.45, 2.75) is 0 Å². The van der Waals surface area contributed by atoms with Gasteiger partial charge in [-0.25, -0.2) is 0 Å². The second-order valence-electron chi connectivity index (χ2n) is 2.05. The van der Waals surface area contributed by atoms with Crippen LogP contribution >= 0.6 is 0 Å². The van der Waals surface area contributed by atoms with Gasteiger partial charge in [0.2, 0.25) is 0 Å². The molecule has 1 aliphatic rings. The average molecular weight is 141 g/mol. The van der Waals surface area contributed by atoms with E-state index in [1.54, 1.807) is 0 Å². The van der Waals surface area contributed by atoms with Crippen molar-refractivity contribution in [3.8, 4) is 0 Å². The van der Waals surface area contributed by atoms with Crippen molar-refractivity contribution in [1.29, 1.82) is 5.41 Å². The third kappa shape index (κ3) is 4.09. The molecule has 0 radical (unpaired) electrons. The molecule has 0 spiro atoms. The normalized spacial score (nSPS) is 14.4. The number of nitrogens with one attached hydrogen (secondary N) is 2. The number of rotatable bonds is 1. The number of nitrogens with zero attached hydrogens (tertiary/aromatic N) is 1. The SMILES string of the molecule is CNC.N=CN1CC=CC1. The summed E-state index contributed by atoms with van der Waals surface area (Å²) in [4.78, 5) is 1.92. The summed E-state index contributed by atoms with van der Waals surface area (Å²) in [5, 5.41) is 9.51. The smallest absolute Gasteiger partial charge is 0.0822 e. The molecule has 0 aromatic carbocycles. The van der Waals surface area contributed by atoms with Gasteiger partial charge >= 0.3 is 0 Å². The van der Waals surface area contributed by atoms with E-state index in [9.17, 15) is 0 Å². The average Bonchev–Trinajstić information content (AvgIpc) is 2.39. The molecule has 0 atom stereocenters. The minimum atomic E-state index is 0.920. The first-order valence-electron chi connectivity index (χ1n) is 3.33. The van der Waals surface area contributed by atoms with Crippen molar-refractivity contribution in [2.24, 2.45) is 0 Å². The van der Waals surface area contributed by atoms with E-state index in [2.05, 4.69) is 17.5 Å². The fraction of sp³-hybridized carbons (Fsp3) is 0.571. The molecule has 2 N–H and O–H groups in total. The molecule has 1 heterocycles. The first-order chi connectivity index (χ1) is 4.85. The molecule has 10 heavy (non-hydrogen) atoms. The van der Waals surface area contributed by atoms with Crippen LogP contribution in [-0.4, -0.2) is 38.4 Å². The van der Waals surface area contributed by atoms with Gasteiger partial charge in [0, 0.05) is 13.1 Å². The van der Waals surface area contributed by atoms with E-state index in [1.807, 2.05) is 19.0 Å². The largest absolute Gasteiger partial charge is 0.356 e. The van der Waals surface area contributed by atoms with Gasteiger partial charge in [-0.15, -0.1) is 0 Å². The van der Waals surface area contributed by atoms with Gasteiger partial charge < -0.3 is 10.2 Å². The number of hydrogen-bond acceptors (Lipinski definition) is 2. The molecule has 58 valence electrons. The fourth-order valence-electron chi connectivity index (χ4n) is 0.600. The second-order valence-corrected chi connectivity index (χ2v) is 2.05. The van der Waals surface area contributed by atoms with E-state index in [1.165, 1.54) is 6.34 Å². The zero-order valence-electron chi connectivity index (χ0n) is 6.59. The molecule has 3 heteroatoms. The summed E-state index contributed by atoms with van der Waals surface area (Å²) in [7, 11) is 3.75. The Morgan fingerprint density at radius 2 is 1.80 bits per heavy atom. The third-order valence-corrected chi connectivity index (χ3v) is 1.03. The molecule has 0 unspecified atom stereocenters. The topological polar surface area (TPSA) is 39.1 Å². The van der Waals surface area contributed by atoms with Crippen molar-refractivity contribution in [3.63, 3.8) is 0 Å². The van der Waals surface area contributed by atoms with Crippen molar-refractivity contribution in [2.75, 3.05) is 27.2 Å². The summed E-state index contributed by atoms with van der Waals surface area (Å²) in [6.45, 7) is 1.84. The van der Waals surface area contributed by atoms with E-state index in [4.69, 9.17) is 5.41 Å². The first kappa shape index (κ1) is 9.17. The Kier molecular flexibility index (Phi) is 5.77. The first-order valence-corrected chi connectivity index (χ1v) is 3.33. The lowest BCUT2D eigenvalue weighted by atomic mass is 10.6. The monoisotopic (exact) mass is 141 g/mol. The van der Waals surface area contributed by atoms with Gasteiger partial charge in [-0.1, -0.05) is 12.2 Å².